The quantitative estimate of drug-likeness (QED) is 0.406. The molecule has 16 heavy (non-hydrogen) atoms. The predicted molar refractivity (Wildman–Crippen MR) is 63.6 cm³/mol. The third-order valence-electron chi connectivity index (χ3n) is 1.88. The van der Waals surface area contributed by atoms with Gasteiger partial charge in [-0.3, -0.25) is 0 Å². The van der Waals surface area contributed by atoms with E-state index in [4.69, 9.17) is 18.9 Å². The molecule has 0 fully saturated rings. The van der Waals surface area contributed by atoms with Crippen LogP contribution in [0.1, 0.15) is 34.1 Å². The molecule has 0 unspecified atom stereocenters. The second-order valence-electron chi connectivity index (χ2n) is 3.66. The molecule has 98 valence electrons. The lowest BCUT2D eigenvalue weighted by molar-refractivity contribution is -0.147. The molecule has 4 heteroatoms. The second kappa shape index (κ2) is 11.3. The van der Waals surface area contributed by atoms with Gasteiger partial charge in [-0.15, -0.1) is 0 Å². The van der Waals surface area contributed by atoms with Gasteiger partial charge in [0.15, 0.2) is 6.29 Å². The molecule has 0 saturated carbocycles. The standard InChI is InChI=1S/C12H26O4/c1-5-14-12(15-6-2)7-8-13-9-10-16-11(3)4/h11-12H,5-10H2,1-4H3. The van der Waals surface area contributed by atoms with E-state index in [9.17, 15) is 0 Å². The fraction of sp³-hybridized carbons (Fsp3) is 1.00. The van der Waals surface area contributed by atoms with E-state index in [0.29, 0.717) is 33.0 Å². The lowest BCUT2D eigenvalue weighted by Crippen LogP contribution is -2.20. The van der Waals surface area contributed by atoms with E-state index in [0.717, 1.165) is 6.42 Å². The van der Waals surface area contributed by atoms with Crippen LogP contribution in [0.15, 0.2) is 0 Å². The second-order valence-corrected chi connectivity index (χ2v) is 3.66. The first kappa shape index (κ1) is 15.8. The summed E-state index contributed by atoms with van der Waals surface area (Å²) in [6.45, 7) is 11.2. The Labute approximate surface area is 99.2 Å². The Morgan fingerprint density at radius 3 is 1.94 bits per heavy atom. The van der Waals surface area contributed by atoms with Crippen LogP contribution in [0.4, 0.5) is 0 Å². The van der Waals surface area contributed by atoms with Crippen LogP contribution in [0.5, 0.6) is 0 Å². The SMILES string of the molecule is CCOC(CCOCCOC(C)C)OCC. The Hall–Kier alpha value is -0.160. The number of rotatable bonds is 11. The summed E-state index contributed by atoms with van der Waals surface area (Å²) in [6, 6.07) is 0. The normalized spacial score (nSPS) is 11.6. The summed E-state index contributed by atoms with van der Waals surface area (Å²) in [4.78, 5) is 0. The fourth-order valence-corrected chi connectivity index (χ4v) is 1.21. The zero-order valence-electron chi connectivity index (χ0n) is 11.0. The molecule has 4 nitrogen and oxygen atoms in total. The Kier molecular flexibility index (Phi) is 11.2. The monoisotopic (exact) mass is 234 g/mol. The van der Waals surface area contributed by atoms with Gasteiger partial charge < -0.3 is 18.9 Å². The van der Waals surface area contributed by atoms with Gasteiger partial charge in [-0.1, -0.05) is 0 Å². The average Bonchev–Trinajstić information content (AvgIpc) is 2.23. The summed E-state index contributed by atoms with van der Waals surface area (Å²) in [7, 11) is 0. The van der Waals surface area contributed by atoms with Gasteiger partial charge in [0, 0.05) is 19.6 Å². The maximum absolute atomic E-state index is 5.42. The van der Waals surface area contributed by atoms with Crippen LogP contribution in [0, 0.1) is 0 Å². The largest absolute Gasteiger partial charge is 0.379 e. The Morgan fingerprint density at radius 1 is 0.812 bits per heavy atom. The summed E-state index contributed by atoms with van der Waals surface area (Å²) in [5, 5.41) is 0. The molecular formula is C12H26O4. The van der Waals surface area contributed by atoms with Gasteiger partial charge in [0.05, 0.1) is 25.9 Å². The topological polar surface area (TPSA) is 36.9 Å². The van der Waals surface area contributed by atoms with E-state index < -0.39 is 0 Å². The van der Waals surface area contributed by atoms with Crippen molar-refractivity contribution >= 4 is 0 Å². The smallest absolute Gasteiger partial charge is 0.159 e. The molecule has 0 N–H and O–H groups in total. The third kappa shape index (κ3) is 10.4. The molecule has 0 aliphatic carbocycles. The minimum Gasteiger partial charge on any atom is -0.379 e. The van der Waals surface area contributed by atoms with Gasteiger partial charge in [0.2, 0.25) is 0 Å². The van der Waals surface area contributed by atoms with E-state index in [2.05, 4.69) is 0 Å². The minimum atomic E-state index is -0.138. The minimum absolute atomic E-state index is 0.138. The van der Waals surface area contributed by atoms with Gasteiger partial charge in [-0.25, -0.2) is 0 Å². The number of hydrogen-bond donors (Lipinski definition) is 0. The van der Waals surface area contributed by atoms with Gasteiger partial charge in [0.25, 0.3) is 0 Å². The van der Waals surface area contributed by atoms with E-state index in [1.165, 1.54) is 0 Å². The molecule has 0 aliphatic rings. The summed E-state index contributed by atoms with van der Waals surface area (Å²) < 4.78 is 21.6. The van der Waals surface area contributed by atoms with Crippen molar-refractivity contribution in [2.45, 2.75) is 46.5 Å². The molecule has 0 aromatic carbocycles. The fourth-order valence-electron chi connectivity index (χ4n) is 1.21. The highest BCUT2D eigenvalue weighted by molar-refractivity contribution is 4.44. The van der Waals surface area contributed by atoms with E-state index >= 15 is 0 Å². The average molecular weight is 234 g/mol. The third-order valence-corrected chi connectivity index (χ3v) is 1.88. The molecule has 0 aliphatic heterocycles. The van der Waals surface area contributed by atoms with E-state index in [1.54, 1.807) is 0 Å². The van der Waals surface area contributed by atoms with Crippen LogP contribution in [0.2, 0.25) is 0 Å². The molecule has 0 saturated heterocycles. The summed E-state index contributed by atoms with van der Waals surface area (Å²) in [6.07, 6.45) is 0.896. The highest BCUT2D eigenvalue weighted by Gasteiger charge is 2.06. The van der Waals surface area contributed by atoms with Gasteiger partial charge >= 0.3 is 0 Å². The van der Waals surface area contributed by atoms with Crippen molar-refractivity contribution in [3.8, 4) is 0 Å². The molecule has 0 amide bonds. The lowest BCUT2D eigenvalue weighted by Gasteiger charge is -2.16. The number of hydrogen-bond acceptors (Lipinski definition) is 4. The van der Waals surface area contributed by atoms with Gasteiger partial charge in [0.1, 0.15) is 0 Å². The van der Waals surface area contributed by atoms with Crippen molar-refractivity contribution in [1.29, 1.82) is 0 Å². The summed E-state index contributed by atoms with van der Waals surface area (Å²) >= 11 is 0. The summed E-state index contributed by atoms with van der Waals surface area (Å²) in [5.41, 5.74) is 0. The highest BCUT2D eigenvalue weighted by atomic mass is 16.7. The molecule has 0 bridgehead atoms. The molecule has 0 heterocycles. The molecule has 0 aromatic rings. The van der Waals surface area contributed by atoms with Crippen molar-refractivity contribution in [2.24, 2.45) is 0 Å². The van der Waals surface area contributed by atoms with Crippen LogP contribution in [-0.2, 0) is 18.9 Å². The van der Waals surface area contributed by atoms with Crippen molar-refractivity contribution in [3.05, 3.63) is 0 Å². The first-order valence-corrected chi connectivity index (χ1v) is 6.13. The maximum Gasteiger partial charge on any atom is 0.159 e. The molecule has 0 rings (SSSR count). The van der Waals surface area contributed by atoms with Crippen LogP contribution >= 0.6 is 0 Å². The lowest BCUT2D eigenvalue weighted by atomic mass is 10.4. The van der Waals surface area contributed by atoms with Crippen molar-refractivity contribution < 1.29 is 18.9 Å². The van der Waals surface area contributed by atoms with Crippen LogP contribution in [0.25, 0.3) is 0 Å². The van der Waals surface area contributed by atoms with Crippen LogP contribution < -0.4 is 0 Å². The van der Waals surface area contributed by atoms with E-state index in [-0.39, 0.29) is 12.4 Å². The van der Waals surface area contributed by atoms with Crippen molar-refractivity contribution in [3.63, 3.8) is 0 Å². The van der Waals surface area contributed by atoms with Crippen LogP contribution in [-0.4, -0.2) is 45.4 Å². The molecule has 0 radical (unpaired) electrons. The Balaban J connectivity index is 3.32. The van der Waals surface area contributed by atoms with Gasteiger partial charge in [-0.2, -0.15) is 0 Å². The zero-order valence-corrected chi connectivity index (χ0v) is 11.0. The molecule has 0 atom stereocenters. The maximum atomic E-state index is 5.42. The molecule has 0 spiro atoms. The molecular weight excluding hydrogens is 208 g/mol. The van der Waals surface area contributed by atoms with E-state index in [1.807, 2.05) is 27.7 Å². The summed E-state index contributed by atoms with van der Waals surface area (Å²) in [5.74, 6) is 0. The van der Waals surface area contributed by atoms with Gasteiger partial charge in [-0.05, 0) is 27.7 Å². The first-order valence-electron chi connectivity index (χ1n) is 6.13. The van der Waals surface area contributed by atoms with Crippen molar-refractivity contribution in [2.75, 3.05) is 33.0 Å². The first-order chi connectivity index (χ1) is 7.70. The molecule has 0 aromatic heterocycles. The number of ether oxygens (including phenoxy) is 4. The Morgan fingerprint density at radius 2 is 1.44 bits per heavy atom. The highest BCUT2D eigenvalue weighted by Crippen LogP contribution is 2.01. The van der Waals surface area contributed by atoms with Crippen LogP contribution in [0.3, 0.4) is 0 Å². The predicted octanol–water partition coefficient (Wildman–Crippen LogP) is 2.22. The Bertz CT molecular complexity index is 133. The zero-order chi connectivity index (χ0) is 12.2. The van der Waals surface area contributed by atoms with Crippen molar-refractivity contribution in [1.82, 2.24) is 0 Å².